The highest BCUT2D eigenvalue weighted by Gasteiger charge is 2.24. The van der Waals surface area contributed by atoms with E-state index < -0.39 is 0 Å². The van der Waals surface area contributed by atoms with Crippen molar-refractivity contribution in [3.8, 4) is 5.69 Å². The number of rotatable bonds is 10. The highest BCUT2D eigenvalue weighted by Crippen LogP contribution is 2.22. The van der Waals surface area contributed by atoms with Gasteiger partial charge in [-0.3, -0.25) is 9.25 Å². The molecule has 0 unspecified atom stereocenters. The topological polar surface area (TPSA) is 126 Å². The summed E-state index contributed by atoms with van der Waals surface area (Å²) in [6, 6.07) is 18.4. The van der Waals surface area contributed by atoms with Gasteiger partial charge in [-0.15, -0.1) is 0 Å². The minimum atomic E-state index is -0.325. The molecular formula is C29H32N8O2. The number of anilines is 1. The van der Waals surface area contributed by atoms with Gasteiger partial charge in [-0.25, -0.2) is 19.7 Å². The van der Waals surface area contributed by atoms with Crippen LogP contribution in [0.15, 0.2) is 67.3 Å². The predicted molar refractivity (Wildman–Crippen MR) is 150 cm³/mol. The van der Waals surface area contributed by atoms with E-state index in [1.807, 2.05) is 48.9 Å². The van der Waals surface area contributed by atoms with Gasteiger partial charge in [0.05, 0.1) is 18.0 Å². The number of fused-ring (bicyclic) bond motifs is 1. The summed E-state index contributed by atoms with van der Waals surface area (Å²) < 4.78 is 9.09. The predicted octanol–water partition coefficient (Wildman–Crippen LogP) is 3.79. The number of aryl methyl sites for hydroxylation is 1. The van der Waals surface area contributed by atoms with Gasteiger partial charge in [0.25, 0.3) is 0 Å². The lowest BCUT2D eigenvalue weighted by Gasteiger charge is -2.15. The standard InChI is InChI=1S/C29H32N8O2/c1-4-39-29(38)25-23(35-36(3)24(25)16-20-8-6-5-7-9-20)14-15-31-19(2)21-10-12-22(13-11-21)37-18-34-26-27(30)32-17-33-28(26)37/h5-13,17-19,31H,4,14-16H2,1-3H3,(H2,30,32,33)/t19-/m0/s1. The lowest BCUT2D eigenvalue weighted by atomic mass is 10.0. The monoisotopic (exact) mass is 524 g/mol. The normalized spacial score (nSPS) is 12.1. The minimum Gasteiger partial charge on any atom is -0.462 e. The van der Waals surface area contributed by atoms with Crippen LogP contribution in [0.25, 0.3) is 16.9 Å². The fourth-order valence-corrected chi connectivity index (χ4v) is 4.72. The van der Waals surface area contributed by atoms with E-state index in [1.165, 1.54) is 6.33 Å². The van der Waals surface area contributed by atoms with Gasteiger partial charge in [-0.05, 0) is 37.1 Å². The van der Waals surface area contributed by atoms with E-state index in [-0.39, 0.29) is 12.0 Å². The molecule has 0 aliphatic rings. The van der Waals surface area contributed by atoms with Crippen LogP contribution in [-0.4, -0.2) is 48.4 Å². The summed E-state index contributed by atoms with van der Waals surface area (Å²) in [5.41, 5.74) is 12.5. The zero-order chi connectivity index (χ0) is 27.4. The summed E-state index contributed by atoms with van der Waals surface area (Å²) in [5, 5.41) is 8.26. The van der Waals surface area contributed by atoms with E-state index in [0.29, 0.717) is 48.5 Å². The second-order valence-corrected chi connectivity index (χ2v) is 9.34. The maximum absolute atomic E-state index is 12.9. The Labute approximate surface area is 226 Å². The fourth-order valence-electron chi connectivity index (χ4n) is 4.72. The number of carbonyl (C=O) groups is 1. The van der Waals surface area contributed by atoms with Crippen LogP contribution in [0.5, 0.6) is 0 Å². The van der Waals surface area contributed by atoms with Crippen molar-refractivity contribution in [1.29, 1.82) is 0 Å². The average molecular weight is 525 g/mol. The molecule has 0 saturated heterocycles. The van der Waals surface area contributed by atoms with Gasteiger partial charge in [0.2, 0.25) is 0 Å². The lowest BCUT2D eigenvalue weighted by molar-refractivity contribution is 0.0524. The molecule has 0 radical (unpaired) electrons. The van der Waals surface area contributed by atoms with Gasteiger partial charge in [-0.2, -0.15) is 5.10 Å². The van der Waals surface area contributed by atoms with Crippen molar-refractivity contribution in [2.45, 2.75) is 32.7 Å². The fraction of sp³-hybridized carbons (Fsp3) is 0.276. The molecule has 5 aromatic rings. The van der Waals surface area contributed by atoms with Gasteiger partial charge >= 0.3 is 5.97 Å². The van der Waals surface area contributed by atoms with Crippen LogP contribution in [0, 0.1) is 0 Å². The maximum Gasteiger partial charge on any atom is 0.341 e. The number of benzene rings is 2. The third-order valence-corrected chi connectivity index (χ3v) is 6.78. The number of hydrogen-bond acceptors (Lipinski definition) is 8. The van der Waals surface area contributed by atoms with Gasteiger partial charge in [0, 0.05) is 38.2 Å². The van der Waals surface area contributed by atoms with E-state index in [1.54, 1.807) is 11.0 Å². The average Bonchev–Trinajstić information content (AvgIpc) is 3.51. The number of ether oxygens (including phenoxy) is 1. The Kier molecular flexibility index (Phi) is 7.64. The molecule has 10 heteroatoms. The number of aromatic nitrogens is 6. The third-order valence-electron chi connectivity index (χ3n) is 6.78. The second kappa shape index (κ2) is 11.4. The number of esters is 1. The van der Waals surface area contributed by atoms with Crippen molar-refractivity contribution < 1.29 is 9.53 Å². The molecule has 5 rings (SSSR count). The van der Waals surface area contributed by atoms with E-state index in [2.05, 4.69) is 51.5 Å². The summed E-state index contributed by atoms with van der Waals surface area (Å²) >= 11 is 0. The largest absolute Gasteiger partial charge is 0.462 e. The Balaban J connectivity index is 1.27. The number of hydrogen-bond donors (Lipinski definition) is 2. The summed E-state index contributed by atoms with van der Waals surface area (Å²) in [6.45, 7) is 4.90. The Hall–Kier alpha value is -4.57. The smallest absolute Gasteiger partial charge is 0.341 e. The van der Waals surface area contributed by atoms with Crippen molar-refractivity contribution >= 4 is 23.0 Å². The number of imidazole rings is 1. The summed E-state index contributed by atoms with van der Waals surface area (Å²) in [5.74, 6) is 0.0358. The Bertz CT molecular complexity index is 1570. The SMILES string of the molecule is CCOC(=O)c1c(CCN[C@@H](C)c2ccc(-n3cnc4c(N)ncnc43)cc2)nn(C)c1Cc1ccccc1. The first kappa shape index (κ1) is 26.1. The Morgan fingerprint density at radius 2 is 1.85 bits per heavy atom. The van der Waals surface area contributed by atoms with Crippen molar-refractivity contribution in [2.75, 3.05) is 18.9 Å². The molecule has 1 atom stereocenters. The van der Waals surface area contributed by atoms with Crippen LogP contribution in [0.1, 0.15) is 52.8 Å². The van der Waals surface area contributed by atoms with Crippen LogP contribution in [0.3, 0.4) is 0 Å². The molecule has 0 saturated carbocycles. The van der Waals surface area contributed by atoms with Gasteiger partial charge in [0.15, 0.2) is 17.0 Å². The summed E-state index contributed by atoms with van der Waals surface area (Å²) in [6.07, 6.45) is 4.35. The first-order valence-corrected chi connectivity index (χ1v) is 13.0. The number of nitrogens with zero attached hydrogens (tertiary/aromatic N) is 6. The number of nitrogens with one attached hydrogen (secondary N) is 1. The molecule has 3 heterocycles. The van der Waals surface area contributed by atoms with Crippen molar-refractivity contribution in [3.05, 3.63) is 95.3 Å². The highest BCUT2D eigenvalue weighted by atomic mass is 16.5. The molecule has 3 N–H and O–H groups in total. The van der Waals surface area contributed by atoms with Crippen LogP contribution >= 0.6 is 0 Å². The quantitative estimate of drug-likeness (QED) is 0.264. The van der Waals surface area contributed by atoms with E-state index >= 15 is 0 Å². The molecule has 0 spiro atoms. The highest BCUT2D eigenvalue weighted by molar-refractivity contribution is 5.92. The Morgan fingerprint density at radius 3 is 2.59 bits per heavy atom. The van der Waals surface area contributed by atoms with Gasteiger partial charge in [-0.1, -0.05) is 42.5 Å². The van der Waals surface area contributed by atoms with Gasteiger partial charge in [0.1, 0.15) is 18.2 Å². The summed E-state index contributed by atoms with van der Waals surface area (Å²) in [4.78, 5) is 25.6. The van der Waals surface area contributed by atoms with Crippen molar-refractivity contribution in [1.82, 2.24) is 34.6 Å². The van der Waals surface area contributed by atoms with Crippen LogP contribution in [-0.2, 0) is 24.6 Å². The van der Waals surface area contributed by atoms with Gasteiger partial charge < -0.3 is 15.8 Å². The molecule has 200 valence electrons. The number of carbonyl (C=O) groups excluding carboxylic acids is 1. The zero-order valence-corrected chi connectivity index (χ0v) is 22.3. The lowest BCUT2D eigenvalue weighted by Crippen LogP contribution is -2.22. The minimum absolute atomic E-state index is 0.0927. The molecule has 0 aliphatic heterocycles. The Morgan fingerprint density at radius 1 is 1.08 bits per heavy atom. The van der Waals surface area contributed by atoms with Crippen LogP contribution < -0.4 is 11.1 Å². The third kappa shape index (κ3) is 5.51. The van der Waals surface area contributed by atoms with Crippen LogP contribution in [0.2, 0.25) is 0 Å². The molecule has 0 aliphatic carbocycles. The number of nitrogen functional groups attached to an aromatic ring is 1. The molecule has 10 nitrogen and oxygen atoms in total. The molecular weight excluding hydrogens is 492 g/mol. The summed E-state index contributed by atoms with van der Waals surface area (Å²) in [7, 11) is 1.88. The van der Waals surface area contributed by atoms with E-state index in [9.17, 15) is 4.79 Å². The first-order chi connectivity index (χ1) is 19.0. The van der Waals surface area contributed by atoms with Crippen LogP contribution in [0.4, 0.5) is 5.82 Å². The zero-order valence-electron chi connectivity index (χ0n) is 22.3. The van der Waals surface area contributed by atoms with E-state index in [0.717, 1.165) is 28.2 Å². The first-order valence-electron chi connectivity index (χ1n) is 13.0. The van der Waals surface area contributed by atoms with E-state index in [4.69, 9.17) is 15.6 Å². The second-order valence-electron chi connectivity index (χ2n) is 9.34. The van der Waals surface area contributed by atoms with Crippen molar-refractivity contribution in [3.63, 3.8) is 0 Å². The molecule has 0 fully saturated rings. The molecule has 0 bridgehead atoms. The van der Waals surface area contributed by atoms with Crippen molar-refractivity contribution in [2.24, 2.45) is 7.05 Å². The molecule has 0 amide bonds. The molecule has 2 aromatic carbocycles. The number of nitrogens with two attached hydrogens (primary N) is 1. The molecule has 39 heavy (non-hydrogen) atoms. The molecule has 3 aromatic heterocycles. The maximum atomic E-state index is 12.9.